The van der Waals surface area contributed by atoms with Crippen LogP contribution in [0.3, 0.4) is 0 Å². The highest BCUT2D eigenvalue weighted by Gasteiger charge is 2.28. The van der Waals surface area contributed by atoms with Crippen molar-refractivity contribution in [1.29, 1.82) is 0 Å². The van der Waals surface area contributed by atoms with E-state index in [1.54, 1.807) is 6.07 Å². The van der Waals surface area contributed by atoms with Gasteiger partial charge in [-0.3, -0.25) is 0 Å². The topological polar surface area (TPSA) is 48.1 Å². The molecule has 0 spiro atoms. The zero-order valence-corrected chi connectivity index (χ0v) is 8.44. The highest BCUT2D eigenvalue weighted by Crippen LogP contribution is 2.16. The molecule has 0 amide bonds. The zero-order valence-electron chi connectivity index (χ0n) is 7.62. The molecule has 0 aliphatic rings. The highest BCUT2D eigenvalue weighted by atomic mass is 35.5. The number of halogens is 4. The molecular weight excluding hydrogens is 233 g/mol. The Kier molecular flexibility index (Phi) is 5.38. The van der Waals surface area contributed by atoms with Gasteiger partial charge in [-0.15, -0.1) is 12.4 Å². The number of pyridine rings is 1. The summed E-state index contributed by atoms with van der Waals surface area (Å²) >= 11 is 0. The van der Waals surface area contributed by atoms with Crippen molar-refractivity contribution in [2.45, 2.75) is 12.7 Å². The summed E-state index contributed by atoms with van der Waals surface area (Å²) < 4.78 is 39.5. The summed E-state index contributed by atoms with van der Waals surface area (Å²) in [5.74, 6) is -0.0560. The van der Waals surface area contributed by atoms with E-state index in [1.807, 2.05) is 0 Å². The summed E-state index contributed by atoms with van der Waals surface area (Å²) in [6.45, 7) is -1.03. The van der Waals surface area contributed by atoms with Crippen molar-refractivity contribution < 1.29 is 17.9 Å². The Morgan fingerprint density at radius 3 is 2.40 bits per heavy atom. The molecule has 0 bridgehead atoms. The number of ether oxygens (including phenoxy) is 1. The molecule has 1 heterocycles. The number of nitrogens with two attached hydrogens (primary N) is 1. The first kappa shape index (κ1) is 14.0. The van der Waals surface area contributed by atoms with Crippen molar-refractivity contribution in [3.8, 4) is 5.88 Å². The normalized spacial score (nSPS) is 10.7. The van der Waals surface area contributed by atoms with Crippen LogP contribution in [-0.4, -0.2) is 17.8 Å². The molecule has 1 aromatic heterocycles. The summed E-state index contributed by atoms with van der Waals surface area (Å²) in [4.78, 5) is 3.65. The molecule has 0 aliphatic heterocycles. The fourth-order valence-corrected chi connectivity index (χ4v) is 0.773. The monoisotopic (exact) mass is 242 g/mol. The summed E-state index contributed by atoms with van der Waals surface area (Å²) in [5.41, 5.74) is 6.02. The Balaban J connectivity index is 0.00000196. The molecule has 86 valence electrons. The minimum absolute atomic E-state index is 0. The predicted octanol–water partition coefficient (Wildman–Crippen LogP) is 1.90. The lowest BCUT2D eigenvalue weighted by atomic mass is 10.3. The molecule has 15 heavy (non-hydrogen) atoms. The molecule has 0 aliphatic carbocycles. The maximum absolute atomic E-state index is 11.7. The van der Waals surface area contributed by atoms with Gasteiger partial charge in [0.15, 0.2) is 6.61 Å². The SMILES string of the molecule is Cl.NCc1ccc(OCC(F)(F)F)nc1. The fourth-order valence-electron chi connectivity index (χ4n) is 0.773. The third-order valence-electron chi connectivity index (χ3n) is 1.42. The number of hydrogen-bond donors (Lipinski definition) is 1. The summed E-state index contributed by atoms with van der Waals surface area (Å²) in [6, 6.07) is 2.92. The first-order valence-electron chi connectivity index (χ1n) is 3.86. The van der Waals surface area contributed by atoms with E-state index in [0.29, 0.717) is 6.54 Å². The standard InChI is InChI=1S/C8H9F3N2O.ClH/c9-8(10,11)5-14-7-2-1-6(3-12)4-13-7;/h1-2,4H,3,5,12H2;1H. The number of nitrogens with zero attached hydrogens (tertiary/aromatic N) is 1. The van der Waals surface area contributed by atoms with Crippen LogP contribution in [0.2, 0.25) is 0 Å². The van der Waals surface area contributed by atoms with Crippen LogP contribution < -0.4 is 10.5 Å². The lowest BCUT2D eigenvalue weighted by Crippen LogP contribution is -2.19. The minimum atomic E-state index is -4.34. The quantitative estimate of drug-likeness (QED) is 0.881. The van der Waals surface area contributed by atoms with E-state index >= 15 is 0 Å². The van der Waals surface area contributed by atoms with Crippen LogP contribution >= 0.6 is 12.4 Å². The average Bonchev–Trinajstić information content (AvgIpc) is 2.14. The van der Waals surface area contributed by atoms with Crippen molar-refractivity contribution >= 4 is 12.4 Å². The van der Waals surface area contributed by atoms with Crippen LogP contribution in [0.4, 0.5) is 13.2 Å². The van der Waals surface area contributed by atoms with Crippen molar-refractivity contribution in [2.24, 2.45) is 5.73 Å². The van der Waals surface area contributed by atoms with Gasteiger partial charge in [0.2, 0.25) is 5.88 Å². The van der Waals surface area contributed by atoms with Gasteiger partial charge in [-0.05, 0) is 5.56 Å². The number of alkyl halides is 3. The molecular formula is C8H10ClF3N2O. The first-order chi connectivity index (χ1) is 6.51. The Hall–Kier alpha value is -1.01. The molecule has 0 aromatic carbocycles. The van der Waals surface area contributed by atoms with E-state index in [2.05, 4.69) is 9.72 Å². The second-order valence-electron chi connectivity index (χ2n) is 2.61. The number of hydrogen-bond acceptors (Lipinski definition) is 3. The van der Waals surface area contributed by atoms with Crippen molar-refractivity contribution in [3.05, 3.63) is 23.9 Å². The molecule has 3 nitrogen and oxygen atoms in total. The van der Waals surface area contributed by atoms with Crippen molar-refractivity contribution in [3.63, 3.8) is 0 Å². The van der Waals surface area contributed by atoms with E-state index in [4.69, 9.17) is 5.73 Å². The molecule has 1 rings (SSSR count). The zero-order chi connectivity index (χ0) is 10.6. The maximum Gasteiger partial charge on any atom is 0.422 e. The molecule has 7 heteroatoms. The van der Waals surface area contributed by atoms with E-state index in [0.717, 1.165) is 5.56 Å². The van der Waals surface area contributed by atoms with Gasteiger partial charge >= 0.3 is 6.18 Å². The maximum atomic E-state index is 11.7. The van der Waals surface area contributed by atoms with Gasteiger partial charge in [0, 0.05) is 18.8 Å². The number of rotatable bonds is 3. The smallest absolute Gasteiger partial charge is 0.422 e. The molecule has 0 radical (unpaired) electrons. The Labute approximate surface area is 90.8 Å². The van der Waals surface area contributed by atoms with Crippen LogP contribution in [-0.2, 0) is 6.54 Å². The molecule has 1 aromatic rings. The van der Waals surface area contributed by atoms with Gasteiger partial charge < -0.3 is 10.5 Å². The minimum Gasteiger partial charge on any atom is -0.468 e. The summed E-state index contributed by atoms with van der Waals surface area (Å²) in [7, 11) is 0. The summed E-state index contributed by atoms with van der Waals surface area (Å²) in [6.07, 6.45) is -2.96. The predicted molar refractivity (Wildman–Crippen MR) is 50.9 cm³/mol. The average molecular weight is 243 g/mol. The van der Waals surface area contributed by atoms with Gasteiger partial charge in [-0.1, -0.05) is 6.07 Å². The lowest BCUT2D eigenvalue weighted by molar-refractivity contribution is -0.154. The fraction of sp³-hybridized carbons (Fsp3) is 0.375. The second-order valence-corrected chi connectivity index (χ2v) is 2.61. The van der Waals surface area contributed by atoms with Gasteiger partial charge in [0.25, 0.3) is 0 Å². The number of aromatic nitrogens is 1. The summed E-state index contributed by atoms with van der Waals surface area (Å²) in [5, 5.41) is 0. The van der Waals surface area contributed by atoms with Crippen LogP contribution in [0, 0.1) is 0 Å². The van der Waals surface area contributed by atoms with Crippen LogP contribution in [0.25, 0.3) is 0 Å². The van der Waals surface area contributed by atoms with E-state index in [-0.39, 0.29) is 18.3 Å². The molecule has 0 saturated heterocycles. The van der Waals surface area contributed by atoms with Gasteiger partial charge in [0.05, 0.1) is 0 Å². The molecule has 0 unspecified atom stereocenters. The van der Waals surface area contributed by atoms with E-state index < -0.39 is 12.8 Å². The van der Waals surface area contributed by atoms with Crippen molar-refractivity contribution in [2.75, 3.05) is 6.61 Å². The Morgan fingerprint density at radius 1 is 1.33 bits per heavy atom. The van der Waals surface area contributed by atoms with Crippen LogP contribution in [0.5, 0.6) is 5.88 Å². The second kappa shape index (κ2) is 5.77. The van der Waals surface area contributed by atoms with E-state index in [1.165, 1.54) is 12.3 Å². The Bertz CT molecular complexity index is 289. The van der Waals surface area contributed by atoms with Crippen LogP contribution in [0.1, 0.15) is 5.56 Å². The molecule has 0 atom stereocenters. The third kappa shape index (κ3) is 5.44. The Morgan fingerprint density at radius 2 is 2.00 bits per heavy atom. The van der Waals surface area contributed by atoms with Crippen LogP contribution in [0.15, 0.2) is 18.3 Å². The molecule has 0 fully saturated rings. The lowest BCUT2D eigenvalue weighted by Gasteiger charge is -2.07. The highest BCUT2D eigenvalue weighted by molar-refractivity contribution is 5.85. The van der Waals surface area contributed by atoms with Gasteiger partial charge in [0.1, 0.15) is 0 Å². The van der Waals surface area contributed by atoms with Crippen molar-refractivity contribution in [1.82, 2.24) is 4.98 Å². The third-order valence-corrected chi connectivity index (χ3v) is 1.42. The van der Waals surface area contributed by atoms with E-state index in [9.17, 15) is 13.2 Å². The largest absolute Gasteiger partial charge is 0.468 e. The molecule has 0 saturated carbocycles. The van der Waals surface area contributed by atoms with Gasteiger partial charge in [-0.2, -0.15) is 13.2 Å². The first-order valence-corrected chi connectivity index (χ1v) is 3.86. The molecule has 2 N–H and O–H groups in total. The van der Waals surface area contributed by atoms with Gasteiger partial charge in [-0.25, -0.2) is 4.98 Å².